The number of anilines is 1. The number of nitrogens with two attached hydrogens (primary N) is 1. The first kappa shape index (κ1) is 12.5. The Labute approximate surface area is 114 Å². The molecule has 3 heteroatoms. The molecule has 2 N–H and O–H groups in total. The Kier molecular flexibility index (Phi) is 2.80. The summed E-state index contributed by atoms with van der Waals surface area (Å²) in [6.07, 6.45) is 4.10. The highest BCUT2D eigenvalue weighted by molar-refractivity contribution is 5.79. The van der Waals surface area contributed by atoms with Gasteiger partial charge in [0.2, 0.25) is 0 Å². The molecule has 2 aromatic rings. The van der Waals surface area contributed by atoms with Gasteiger partial charge in [-0.3, -0.25) is 0 Å². The number of hydrogen-bond acceptors (Lipinski definition) is 2. The number of benzene rings is 1. The monoisotopic (exact) mass is 257 g/mol. The number of hydrogen-bond donors (Lipinski definition) is 1. The van der Waals surface area contributed by atoms with Crippen LogP contribution < -0.4 is 5.73 Å². The third kappa shape index (κ3) is 2.22. The van der Waals surface area contributed by atoms with Gasteiger partial charge in [0.1, 0.15) is 5.82 Å². The second kappa shape index (κ2) is 4.26. The van der Waals surface area contributed by atoms with E-state index in [4.69, 9.17) is 10.7 Å². The third-order valence-corrected chi connectivity index (χ3v) is 4.11. The summed E-state index contributed by atoms with van der Waals surface area (Å²) >= 11 is 0. The van der Waals surface area contributed by atoms with E-state index in [9.17, 15) is 0 Å². The van der Waals surface area contributed by atoms with Crippen molar-refractivity contribution in [2.45, 2.75) is 52.0 Å². The first-order valence-electron chi connectivity index (χ1n) is 7.21. The van der Waals surface area contributed by atoms with Gasteiger partial charge < -0.3 is 10.3 Å². The lowest BCUT2D eigenvalue weighted by Gasteiger charge is -2.29. The van der Waals surface area contributed by atoms with Crippen molar-refractivity contribution in [1.29, 1.82) is 0 Å². The molecular formula is C16H23N3. The first-order chi connectivity index (χ1) is 8.95. The lowest BCUT2D eigenvalue weighted by molar-refractivity contribution is 0.272. The topological polar surface area (TPSA) is 43.8 Å². The lowest BCUT2D eigenvalue weighted by atomic mass is 9.85. The molecule has 1 aliphatic rings. The van der Waals surface area contributed by atoms with Crippen LogP contribution in [-0.4, -0.2) is 9.55 Å². The van der Waals surface area contributed by atoms with Crippen molar-refractivity contribution in [3.63, 3.8) is 0 Å². The molecule has 3 nitrogen and oxygen atoms in total. The highest BCUT2D eigenvalue weighted by atomic mass is 15.1. The molecule has 0 atom stereocenters. The molecule has 0 amide bonds. The predicted molar refractivity (Wildman–Crippen MR) is 80.2 cm³/mol. The van der Waals surface area contributed by atoms with Crippen LogP contribution in [0.4, 0.5) is 5.69 Å². The van der Waals surface area contributed by atoms with E-state index in [0.717, 1.165) is 23.7 Å². The highest BCUT2D eigenvalue weighted by Crippen LogP contribution is 2.33. The molecule has 1 heterocycles. The average Bonchev–Trinajstić information content (AvgIpc) is 2.61. The first-order valence-corrected chi connectivity index (χ1v) is 7.21. The number of rotatable bonds is 2. The second-order valence-electron chi connectivity index (χ2n) is 6.84. The van der Waals surface area contributed by atoms with Crippen molar-refractivity contribution in [2.75, 3.05) is 5.73 Å². The van der Waals surface area contributed by atoms with Gasteiger partial charge >= 0.3 is 0 Å². The van der Waals surface area contributed by atoms with Crippen LogP contribution in [0.25, 0.3) is 11.0 Å². The zero-order valence-electron chi connectivity index (χ0n) is 12.1. The Balaban J connectivity index is 2.13. The Morgan fingerprint density at radius 3 is 2.63 bits per heavy atom. The summed E-state index contributed by atoms with van der Waals surface area (Å²) in [5.74, 6) is 2.01. The quantitative estimate of drug-likeness (QED) is 0.833. The molecule has 1 saturated carbocycles. The van der Waals surface area contributed by atoms with Crippen LogP contribution in [0, 0.1) is 5.92 Å². The fraction of sp³-hybridized carbons (Fsp3) is 0.562. The van der Waals surface area contributed by atoms with Crippen molar-refractivity contribution in [3.8, 4) is 0 Å². The van der Waals surface area contributed by atoms with Crippen LogP contribution in [-0.2, 0) is 12.0 Å². The van der Waals surface area contributed by atoms with Crippen LogP contribution >= 0.6 is 0 Å². The Hall–Kier alpha value is -1.51. The Morgan fingerprint density at radius 1 is 1.32 bits per heavy atom. The van der Waals surface area contributed by atoms with Crippen LogP contribution in [0.1, 0.15) is 45.9 Å². The molecular weight excluding hydrogens is 234 g/mol. The fourth-order valence-electron chi connectivity index (χ4n) is 2.84. The van der Waals surface area contributed by atoms with Gasteiger partial charge in [-0.25, -0.2) is 4.98 Å². The normalized spacial score (nSPS) is 16.8. The number of aromatic nitrogens is 2. The van der Waals surface area contributed by atoms with Crippen molar-refractivity contribution in [3.05, 3.63) is 24.0 Å². The zero-order valence-corrected chi connectivity index (χ0v) is 12.1. The van der Waals surface area contributed by atoms with Crippen LogP contribution in [0.5, 0.6) is 0 Å². The van der Waals surface area contributed by atoms with E-state index < -0.39 is 0 Å². The number of nitrogens with zero attached hydrogens (tertiary/aromatic N) is 2. The summed E-state index contributed by atoms with van der Waals surface area (Å²) in [6, 6.07) is 6.08. The Bertz CT molecular complexity index is 600. The van der Waals surface area contributed by atoms with Crippen LogP contribution in [0.3, 0.4) is 0 Å². The molecule has 0 unspecified atom stereocenters. The molecule has 1 aromatic carbocycles. The molecule has 102 valence electrons. The summed E-state index contributed by atoms with van der Waals surface area (Å²) < 4.78 is 2.42. The van der Waals surface area contributed by atoms with Crippen LogP contribution in [0.2, 0.25) is 0 Å². The van der Waals surface area contributed by atoms with Crippen LogP contribution in [0.15, 0.2) is 18.2 Å². The average molecular weight is 257 g/mol. The van der Waals surface area contributed by atoms with E-state index >= 15 is 0 Å². The van der Waals surface area contributed by atoms with Gasteiger partial charge in [0.05, 0.1) is 11.0 Å². The van der Waals surface area contributed by atoms with Gasteiger partial charge in [-0.1, -0.05) is 27.2 Å². The number of imidazole rings is 1. The lowest BCUT2D eigenvalue weighted by Crippen LogP contribution is -2.24. The predicted octanol–water partition coefficient (Wildman–Crippen LogP) is 3.72. The van der Waals surface area contributed by atoms with Crippen molar-refractivity contribution >= 4 is 16.7 Å². The minimum Gasteiger partial charge on any atom is -0.399 e. The second-order valence-corrected chi connectivity index (χ2v) is 6.84. The molecule has 0 spiro atoms. The largest absolute Gasteiger partial charge is 0.399 e. The van der Waals surface area contributed by atoms with Gasteiger partial charge in [0, 0.05) is 17.6 Å². The van der Waals surface area contributed by atoms with E-state index in [1.807, 2.05) is 12.1 Å². The van der Waals surface area contributed by atoms with E-state index in [0.29, 0.717) is 0 Å². The minimum absolute atomic E-state index is 0.0670. The molecule has 3 rings (SSSR count). The van der Waals surface area contributed by atoms with Gasteiger partial charge in [0.25, 0.3) is 0 Å². The van der Waals surface area contributed by atoms with Crippen molar-refractivity contribution in [1.82, 2.24) is 9.55 Å². The van der Waals surface area contributed by atoms with E-state index in [1.165, 1.54) is 30.6 Å². The molecule has 1 fully saturated rings. The van der Waals surface area contributed by atoms with Gasteiger partial charge in [-0.05, 0) is 37.0 Å². The maximum absolute atomic E-state index is 5.88. The molecule has 1 aliphatic carbocycles. The summed E-state index contributed by atoms with van der Waals surface area (Å²) in [4.78, 5) is 4.84. The highest BCUT2D eigenvalue weighted by Gasteiger charge is 2.26. The fourth-order valence-corrected chi connectivity index (χ4v) is 2.84. The summed E-state index contributed by atoms with van der Waals surface area (Å²) in [5, 5.41) is 0. The van der Waals surface area contributed by atoms with Crippen molar-refractivity contribution in [2.24, 2.45) is 5.92 Å². The van der Waals surface area contributed by atoms with Gasteiger partial charge in [0.15, 0.2) is 0 Å². The summed E-state index contributed by atoms with van der Waals surface area (Å²) in [7, 11) is 0. The third-order valence-electron chi connectivity index (χ3n) is 4.11. The summed E-state index contributed by atoms with van der Waals surface area (Å²) in [6.45, 7) is 7.80. The summed E-state index contributed by atoms with van der Waals surface area (Å²) in [5.41, 5.74) is 9.00. The standard InChI is InChI=1S/C16H23N3/c1-16(2,3)15-18-13-9-12(17)7-8-14(13)19(15)10-11-5-4-6-11/h7-9,11H,4-6,10,17H2,1-3H3. The maximum Gasteiger partial charge on any atom is 0.115 e. The molecule has 0 saturated heterocycles. The minimum atomic E-state index is 0.0670. The van der Waals surface area contributed by atoms with E-state index in [1.54, 1.807) is 0 Å². The maximum atomic E-state index is 5.88. The number of nitrogen functional groups attached to an aromatic ring is 1. The zero-order chi connectivity index (χ0) is 13.6. The molecule has 0 bridgehead atoms. The number of fused-ring (bicyclic) bond motifs is 1. The Morgan fingerprint density at radius 2 is 2.05 bits per heavy atom. The molecule has 0 aliphatic heterocycles. The SMILES string of the molecule is CC(C)(C)c1nc2cc(N)ccc2n1CC1CCC1. The molecule has 1 aromatic heterocycles. The van der Waals surface area contributed by atoms with Gasteiger partial charge in [-0.2, -0.15) is 0 Å². The van der Waals surface area contributed by atoms with Crippen molar-refractivity contribution < 1.29 is 0 Å². The van der Waals surface area contributed by atoms with E-state index in [2.05, 4.69) is 31.4 Å². The van der Waals surface area contributed by atoms with E-state index in [-0.39, 0.29) is 5.41 Å². The van der Waals surface area contributed by atoms with Gasteiger partial charge in [-0.15, -0.1) is 0 Å². The molecule has 0 radical (unpaired) electrons. The smallest absolute Gasteiger partial charge is 0.115 e. The molecule has 19 heavy (non-hydrogen) atoms.